The fraction of sp³-hybridized carbons (Fsp3) is 0.500. The van der Waals surface area contributed by atoms with Gasteiger partial charge in [-0.3, -0.25) is 0 Å². The molecule has 102 valence electrons. The molecule has 0 radical (unpaired) electrons. The average molecular weight is 259 g/mol. The molecule has 0 saturated carbocycles. The van der Waals surface area contributed by atoms with Crippen LogP contribution in [0.2, 0.25) is 0 Å². The van der Waals surface area contributed by atoms with Crippen molar-refractivity contribution in [3.63, 3.8) is 0 Å². The number of nitrogens with zero attached hydrogens (tertiary/aromatic N) is 4. The van der Waals surface area contributed by atoms with Crippen LogP contribution >= 0.6 is 0 Å². The van der Waals surface area contributed by atoms with Gasteiger partial charge in [-0.1, -0.05) is 13.8 Å². The van der Waals surface area contributed by atoms with E-state index in [-0.39, 0.29) is 0 Å². The molecule has 0 aliphatic heterocycles. The summed E-state index contributed by atoms with van der Waals surface area (Å²) in [5.74, 6) is 1.75. The largest absolute Gasteiger partial charge is 0.373 e. The standard InChI is InChI=1S/C14H21N5/c1-6-11-9(3)18-19(10(11)4)14-12(7-2)13(15-5)16-8-17-14/h8H,6-7H2,1-5H3,(H,15,16,17). The first-order valence-electron chi connectivity index (χ1n) is 6.71. The van der Waals surface area contributed by atoms with E-state index < -0.39 is 0 Å². The van der Waals surface area contributed by atoms with Crippen LogP contribution in [0.3, 0.4) is 0 Å². The zero-order valence-electron chi connectivity index (χ0n) is 12.3. The van der Waals surface area contributed by atoms with Crippen LogP contribution in [0.25, 0.3) is 5.82 Å². The maximum Gasteiger partial charge on any atom is 0.162 e. The molecule has 2 aromatic rings. The van der Waals surface area contributed by atoms with E-state index in [0.29, 0.717) is 0 Å². The Morgan fingerprint density at radius 2 is 1.79 bits per heavy atom. The average Bonchev–Trinajstić information content (AvgIpc) is 2.72. The van der Waals surface area contributed by atoms with Gasteiger partial charge in [-0.25, -0.2) is 14.6 Å². The molecule has 2 rings (SSSR count). The number of aryl methyl sites for hydroxylation is 1. The highest BCUT2D eigenvalue weighted by atomic mass is 15.3. The molecule has 5 nitrogen and oxygen atoms in total. The molecule has 0 amide bonds. The van der Waals surface area contributed by atoms with Crippen molar-refractivity contribution in [1.82, 2.24) is 19.7 Å². The molecule has 2 heterocycles. The van der Waals surface area contributed by atoms with E-state index in [1.165, 1.54) is 5.56 Å². The summed E-state index contributed by atoms with van der Waals surface area (Å²) in [6, 6.07) is 0. The third-order valence-corrected chi connectivity index (χ3v) is 3.51. The maximum atomic E-state index is 4.63. The van der Waals surface area contributed by atoms with E-state index in [4.69, 9.17) is 0 Å². The Hall–Kier alpha value is -1.91. The van der Waals surface area contributed by atoms with Gasteiger partial charge in [-0.05, 0) is 32.3 Å². The van der Waals surface area contributed by atoms with Crippen LogP contribution in [0.1, 0.15) is 36.4 Å². The molecule has 0 spiro atoms. The summed E-state index contributed by atoms with van der Waals surface area (Å²) < 4.78 is 1.94. The quantitative estimate of drug-likeness (QED) is 0.916. The smallest absolute Gasteiger partial charge is 0.162 e. The Balaban J connectivity index is 2.65. The number of hydrogen-bond acceptors (Lipinski definition) is 4. The van der Waals surface area contributed by atoms with Crippen molar-refractivity contribution in [3.8, 4) is 5.82 Å². The molecule has 1 N–H and O–H groups in total. The molecule has 5 heteroatoms. The van der Waals surface area contributed by atoms with Gasteiger partial charge in [0.1, 0.15) is 12.1 Å². The van der Waals surface area contributed by atoms with Crippen molar-refractivity contribution in [1.29, 1.82) is 0 Å². The van der Waals surface area contributed by atoms with Gasteiger partial charge in [-0.2, -0.15) is 5.10 Å². The molecule has 0 unspecified atom stereocenters. The van der Waals surface area contributed by atoms with Crippen molar-refractivity contribution in [2.24, 2.45) is 0 Å². The van der Waals surface area contributed by atoms with Crippen molar-refractivity contribution in [2.75, 3.05) is 12.4 Å². The van der Waals surface area contributed by atoms with E-state index in [2.05, 4.69) is 41.2 Å². The highest BCUT2D eigenvalue weighted by Gasteiger charge is 2.16. The van der Waals surface area contributed by atoms with Crippen molar-refractivity contribution in [3.05, 3.63) is 28.8 Å². The summed E-state index contributed by atoms with van der Waals surface area (Å²) in [7, 11) is 1.88. The normalized spacial score (nSPS) is 10.8. The van der Waals surface area contributed by atoms with Crippen LogP contribution in [-0.2, 0) is 12.8 Å². The molecular formula is C14H21N5. The zero-order valence-corrected chi connectivity index (χ0v) is 12.3. The van der Waals surface area contributed by atoms with Crippen LogP contribution in [-0.4, -0.2) is 26.8 Å². The zero-order chi connectivity index (χ0) is 14.0. The van der Waals surface area contributed by atoms with Crippen molar-refractivity contribution < 1.29 is 0 Å². The molecular weight excluding hydrogens is 238 g/mol. The van der Waals surface area contributed by atoms with Crippen LogP contribution in [0.4, 0.5) is 5.82 Å². The van der Waals surface area contributed by atoms with Gasteiger partial charge < -0.3 is 5.32 Å². The molecule has 2 aromatic heterocycles. The Bertz CT molecular complexity index is 586. The predicted octanol–water partition coefficient (Wildman–Crippen LogP) is 2.45. The van der Waals surface area contributed by atoms with Gasteiger partial charge in [0.15, 0.2) is 5.82 Å². The summed E-state index contributed by atoms with van der Waals surface area (Å²) in [6.07, 6.45) is 3.44. The van der Waals surface area contributed by atoms with E-state index in [9.17, 15) is 0 Å². The number of hydrogen-bond donors (Lipinski definition) is 1. The van der Waals surface area contributed by atoms with Crippen molar-refractivity contribution >= 4 is 5.82 Å². The molecule has 0 aromatic carbocycles. The molecule has 0 aliphatic carbocycles. The van der Waals surface area contributed by atoms with E-state index in [1.807, 2.05) is 18.7 Å². The molecule has 19 heavy (non-hydrogen) atoms. The minimum Gasteiger partial charge on any atom is -0.373 e. The summed E-state index contributed by atoms with van der Waals surface area (Å²) in [4.78, 5) is 8.70. The Kier molecular flexibility index (Phi) is 3.83. The van der Waals surface area contributed by atoms with Crippen LogP contribution in [0.15, 0.2) is 6.33 Å². The lowest BCUT2D eigenvalue weighted by Crippen LogP contribution is -2.10. The van der Waals surface area contributed by atoms with Crippen molar-refractivity contribution in [2.45, 2.75) is 40.5 Å². The third-order valence-electron chi connectivity index (χ3n) is 3.51. The monoisotopic (exact) mass is 259 g/mol. The lowest BCUT2D eigenvalue weighted by Gasteiger charge is -2.12. The minimum atomic E-state index is 0.867. The molecule has 0 atom stereocenters. The molecule has 0 saturated heterocycles. The maximum absolute atomic E-state index is 4.63. The Morgan fingerprint density at radius 3 is 2.32 bits per heavy atom. The fourth-order valence-electron chi connectivity index (χ4n) is 2.52. The van der Waals surface area contributed by atoms with E-state index in [1.54, 1.807) is 6.33 Å². The van der Waals surface area contributed by atoms with Crippen LogP contribution in [0, 0.1) is 13.8 Å². The van der Waals surface area contributed by atoms with E-state index in [0.717, 1.165) is 41.4 Å². The molecule has 0 aliphatic rings. The molecule has 0 bridgehead atoms. The van der Waals surface area contributed by atoms with Gasteiger partial charge in [0.2, 0.25) is 0 Å². The lowest BCUT2D eigenvalue weighted by molar-refractivity contribution is 0.784. The lowest BCUT2D eigenvalue weighted by atomic mass is 10.1. The second kappa shape index (κ2) is 5.38. The Morgan fingerprint density at radius 1 is 1.11 bits per heavy atom. The van der Waals surface area contributed by atoms with Gasteiger partial charge in [0.25, 0.3) is 0 Å². The van der Waals surface area contributed by atoms with E-state index >= 15 is 0 Å². The summed E-state index contributed by atoms with van der Waals surface area (Å²) >= 11 is 0. The third kappa shape index (κ3) is 2.20. The number of anilines is 1. The number of aromatic nitrogens is 4. The second-order valence-electron chi connectivity index (χ2n) is 4.54. The topological polar surface area (TPSA) is 55.6 Å². The van der Waals surface area contributed by atoms with Gasteiger partial charge in [0.05, 0.1) is 5.69 Å². The first kappa shape index (κ1) is 13.5. The van der Waals surface area contributed by atoms with Gasteiger partial charge in [-0.15, -0.1) is 0 Å². The summed E-state index contributed by atoms with van der Waals surface area (Å²) in [5.41, 5.74) is 4.63. The van der Waals surface area contributed by atoms with Gasteiger partial charge in [0, 0.05) is 18.3 Å². The molecule has 0 fully saturated rings. The summed E-state index contributed by atoms with van der Waals surface area (Å²) in [5, 5.41) is 7.75. The fourth-order valence-corrected chi connectivity index (χ4v) is 2.52. The number of nitrogens with one attached hydrogen (secondary N) is 1. The summed E-state index contributed by atoms with van der Waals surface area (Å²) in [6.45, 7) is 8.41. The van der Waals surface area contributed by atoms with Crippen LogP contribution in [0.5, 0.6) is 0 Å². The predicted molar refractivity (Wildman–Crippen MR) is 76.9 cm³/mol. The SMILES string of the molecule is CCc1c(NC)ncnc1-n1nc(C)c(CC)c1C. The Labute approximate surface area is 114 Å². The first-order chi connectivity index (χ1) is 9.13. The number of rotatable bonds is 4. The first-order valence-corrected chi connectivity index (χ1v) is 6.71. The van der Waals surface area contributed by atoms with Crippen LogP contribution < -0.4 is 5.32 Å². The second-order valence-corrected chi connectivity index (χ2v) is 4.54. The minimum absolute atomic E-state index is 0.867. The highest BCUT2D eigenvalue weighted by molar-refractivity contribution is 5.52. The van der Waals surface area contributed by atoms with Gasteiger partial charge >= 0.3 is 0 Å². The highest BCUT2D eigenvalue weighted by Crippen LogP contribution is 2.23.